The minimum absolute atomic E-state index is 0.191. The molecule has 0 aliphatic carbocycles. The van der Waals surface area contributed by atoms with Crippen molar-refractivity contribution in [1.29, 1.82) is 0 Å². The Morgan fingerprint density at radius 2 is 1.53 bits per heavy atom. The van der Waals surface area contributed by atoms with Gasteiger partial charge in [-0.3, -0.25) is 0 Å². The van der Waals surface area contributed by atoms with Crippen molar-refractivity contribution in [1.82, 2.24) is 0 Å². The second-order valence-electron chi connectivity index (χ2n) is 10.8. The van der Waals surface area contributed by atoms with E-state index in [4.69, 9.17) is 14.4 Å². The molecule has 0 bridgehead atoms. The minimum Gasteiger partial charge on any atom is -0.517 e. The van der Waals surface area contributed by atoms with Crippen molar-refractivity contribution in [2.45, 2.75) is 98.6 Å². The van der Waals surface area contributed by atoms with E-state index < -0.39 is 0 Å². The summed E-state index contributed by atoms with van der Waals surface area (Å²) in [6.45, 7) is 22.9. The van der Waals surface area contributed by atoms with Gasteiger partial charge in [0.2, 0.25) is 0 Å². The van der Waals surface area contributed by atoms with E-state index in [1.54, 1.807) is 0 Å². The second kappa shape index (κ2) is 16.2. The molecule has 1 saturated heterocycles. The van der Waals surface area contributed by atoms with E-state index in [0.29, 0.717) is 17.8 Å². The number of hydrogen-bond acceptors (Lipinski definition) is 2. The van der Waals surface area contributed by atoms with Gasteiger partial charge < -0.3 is 4.90 Å². The van der Waals surface area contributed by atoms with Gasteiger partial charge in [-0.1, -0.05) is 59.2 Å². The van der Waals surface area contributed by atoms with E-state index in [-0.39, 0.29) is 27.3 Å². The van der Waals surface area contributed by atoms with Crippen LogP contribution in [0.5, 0.6) is 5.75 Å². The summed E-state index contributed by atoms with van der Waals surface area (Å²) in [5.74, 6) is 2.70. The van der Waals surface area contributed by atoms with Crippen molar-refractivity contribution < 1.29 is 20.4 Å². The molecule has 36 heavy (non-hydrogen) atoms. The van der Waals surface area contributed by atoms with E-state index in [1.165, 1.54) is 36.0 Å². The maximum atomic E-state index is 5.72. The van der Waals surface area contributed by atoms with E-state index in [1.807, 2.05) is 42.7 Å². The molecule has 0 amide bonds. The largest absolute Gasteiger partial charge is 0.517 e. The number of nitrogens with zero attached hydrogens (tertiary/aromatic N) is 1. The average Bonchev–Trinajstić information content (AvgIpc) is 2.83. The molecule has 0 N–H and O–H groups in total. The normalized spacial score (nSPS) is 17.3. The zero-order valence-corrected chi connectivity index (χ0v) is 27.1. The van der Waals surface area contributed by atoms with Gasteiger partial charge in [0.15, 0.2) is 0 Å². The number of benzene rings is 2. The molecule has 1 unspecified atom stereocenters. The third-order valence-corrected chi connectivity index (χ3v) is 7.47. The Morgan fingerprint density at radius 3 is 2.03 bits per heavy atom. The van der Waals surface area contributed by atoms with Crippen LogP contribution in [0.3, 0.4) is 0 Å². The Balaban J connectivity index is 0.000000371. The first-order valence-electron chi connectivity index (χ1n) is 12.9. The molecule has 1 aliphatic rings. The summed E-state index contributed by atoms with van der Waals surface area (Å²) in [5, 5.41) is 0. The van der Waals surface area contributed by atoms with E-state index >= 15 is 0 Å². The maximum Gasteiger partial charge on any atom is 0.0145 e. The molecule has 2 aromatic carbocycles. The third-order valence-electron chi connectivity index (χ3n) is 6.28. The summed E-state index contributed by atoms with van der Waals surface area (Å²) >= 11 is 4.45. The molecule has 2 nitrogen and oxygen atoms in total. The van der Waals surface area contributed by atoms with Crippen LogP contribution in [0.2, 0.25) is 0 Å². The summed E-state index contributed by atoms with van der Waals surface area (Å²) in [6.07, 6.45) is 4.24. The maximum absolute atomic E-state index is 5.72. The van der Waals surface area contributed by atoms with Gasteiger partial charge in [0.25, 0.3) is 0 Å². The first-order chi connectivity index (χ1) is 17.0. The van der Waals surface area contributed by atoms with Crippen molar-refractivity contribution >= 4 is 31.6 Å². The molecule has 0 radical (unpaired) electrons. The van der Waals surface area contributed by atoms with Crippen molar-refractivity contribution in [3.63, 3.8) is 0 Å². The fraction of sp³-hybridized carbons (Fsp3) is 0.548. The van der Waals surface area contributed by atoms with Crippen molar-refractivity contribution in [2.75, 3.05) is 11.3 Å². The number of para-hydroxylation sites is 2. The van der Waals surface area contributed by atoms with Crippen LogP contribution in [0.1, 0.15) is 104 Å². The van der Waals surface area contributed by atoms with Gasteiger partial charge in [-0.2, -0.15) is 5.92 Å². The smallest absolute Gasteiger partial charge is 0.0145 e. The topological polar surface area (TPSA) is 12.5 Å². The first-order valence-corrected chi connectivity index (χ1v) is 16.9. The number of piperidine rings is 1. The fourth-order valence-corrected chi connectivity index (χ4v) is 5.48. The van der Waals surface area contributed by atoms with Crippen LogP contribution in [0.25, 0.3) is 0 Å². The molecule has 0 saturated carbocycles. The molecule has 1 fully saturated rings. The van der Waals surface area contributed by atoms with E-state index in [2.05, 4.69) is 89.7 Å². The molecule has 5 heteroatoms. The standard InChI is InChI=1S/C20H32N.C10H12O.CH3Cl.ClH.Ru/c1-14(2)17-9-8-10-18(15(3)4)19(17)21-13-16(5)11-12-20(21,6)7;1-8(2)11-10-7-5-4-6-9(10)3;1-2;;/h8-10,13-16H,11-12H2,1-7H3;3-8H,1-2H3;1H3;1H;/q-1;;;;+1/p-1. The van der Waals surface area contributed by atoms with Gasteiger partial charge in [-0.05, 0) is 43.2 Å². The first kappa shape index (κ1) is 33.1. The minimum atomic E-state index is -0.191. The van der Waals surface area contributed by atoms with Gasteiger partial charge in [-0.15, -0.1) is 11.6 Å². The number of rotatable bonds is 6. The van der Waals surface area contributed by atoms with Gasteiger partial charge in [0.1, 0.15) is 0 Å². The number of anilines is 1. The summed E-state index contributed by atoms with van der Waals surface area (Å²) in [5.41, 5.74) is 5.75. The summed E-state index contributed by atoms with van der Waals surface area (Å²) in [7, 11) is 5.72. The number of ether oxygens (including phenoxy) is 1. The summed E-state index contributed by atoms with van der Waals surface area (Å²) in [4.78, 5) is 2.59. The summed E-state index contributed by atoms with van der Waals surface area (Å²) < 4.78 is 7.66. The number of halogens is 2. The molecule has 1 heterocycles. The van der Waals surface area contributed by atoms with Crippen LogP contribution < -0.4 is 9.64 Å². The molecule has 0 aromatic heterocycles. The van der Waals surface area contributed by atoms with Crippen LogP contribution in [0.15, 0.2) is 42.5 Å². The average molecular weight is 622 g/mol. The second-order valence-corrected chi connectivity index (χ2v) is 12.6. The third kappa shape index (κ3) is 9.77. The van der Waals surface area contributed by atoms with Gasteiger partial charge in [-0.25, -0.2) is 6.54 Å². The van der Waals surface area contributed by atoms with Crippen LogP contribution in [-0.2, 0) is 15.7 Å². The van der Waals surface area contributed by atoms with Crippen LogP contribution in [0, 0.1) is 12.5 Å². The zero-order chi connectivity index (χ0) is 27.5. The van der Waals surface area contributed by atoms with Crippen LogP contribution >= 0.6 is 21.3 Å². The molecule has 1 atom stereocenters. The van der Waals surface area contributed by atoms with E-state index in [0.717, 1.165) is 11.3 Å². The van der Waals surface area contributed by atoms with Crippen molar-refractivity contribution in [3.8, 4) is 5.75 Å². The SMILES string of the molecule is CC(C)Oc1ccccc1[CH]=[Ru][Cl].CC1[CH-]N(c2c(C(C)C)cccc2C(C)C)C(C)(C)CC1.CCl. The predicted octanol–water partition coefficient (Wildman–Crippen LogP) is 9.83. The molecule has 2 aromatic rings. The molecular weight excluding hydrogens is 574 g/mol. The Labute approximate surface area is 238 Å². The van der Waals surface area contributed by atoms with Crippen molar-refractivity contribution in [3.05, 3.63) is 65.7 Å². The monoisotopic (exact) mass is 621 g/mol. The predicted molar refractivity (Wildman–Crippen MR) is 159 cm³/mol. The van der Waals surface area contributed by atoms with Gasteiger partial charge >= 0.3 is 90.3 Å². The van der Waals surface area contributed by atoms with E-state index in [9.17, 15) is 0 Å². The molecule has 205 valence electrons. The number of hydrogen-bond donors (Lipinski definition) is 0. The van der Waals surface area contributed by atoms with Crippen molar-refractivity contribution in [2.24, 2.45) is 5.92 Å². The van der Waals surface area contributed by atoms with Gasteiger partial charge in [0, 0.05) is 17.6 Å². The Kier molecular flexibility index (Phi) is 14.9. The Morgan fingerprint density at radius 1 is 0.972 bits per heavy atom. The van der Waals surface area contributed by atoms with Gasteiger partial charge in [0.05, 0.1) is 0 Å². The fourth-order valence-electron chi connectivity index (χ4n) is 4.37. The molecule has 0 spiro atoms. The molecular formula is C31H47Cl2NORu-. The molecule has 1 aliphatic heterocycles. The molecule has 3 rings (SSSR count). The quantitative estimate of drug-likeness (QED) is 0.181. The number of alkyl halides is 1. The summed E-state index contributed by atoms with van der Waals surface area (Å²) in [6, 6.07) is 14.8. The Bertz CT molecular complexity index is 914. The zero-order valence-electron chi connectivity index (χ0n) is 23.9. The van der Waals surface area contributed by atoms with Crippen LogP contribution in [0.4, 0.5) is 5.69 Å². The Hall–Kier alpha value is -0.887. The van der Waals surface area contributed by atoms with Crippen LogP contribution in [-0.4, -0.2) is 22.6 Å².